The molecule has 0 radical (unpaired) electrons. The molecule has 0 atom stereocenters. The Labute approximate surface area is 141 Å². The first-order valence-electron chi connectivity index (χ1n) is 6.14. The van der Waals surface area contributed by atoms with E-state index in [1.165, 1.54) is 0 Å². The minimum absolute atomic E-state index is 0.0817. The molecule has 4 nitrogen and oxygen atoms in total. The molecule has 0 bridgehead atoms. The maximum absolute atomic E-state index is 11.8. The molecule has 0 saturated heterocycles. The van der Waals surface area contributed by atoms with E-state index >= 15 is 0 Å². The number of carbonyl (C=O) groups is 1. The van der Waals surface area contributed by atoms with E-state index in [2.05, 4.69) is 37.2 Å². The second kappa shape index (κ2) is 8.59. The summed E-state index contributed by atoms with van der Waals surface area (Å²) in [5.41, 5.74) is 0. The Kier molecular flexibility index (Phi) is 7.47. The lowest BCUT2D eigenvalue weighted by molar-refractivity contribution is -0.121. The van der Waals surface area contributed by atoms with Gasteiger partial charge in [-0.2, -0.15) is 0 Å². The van der Waals surface area contributed by atoms with Gasteiger partial charge in [0.1, 0.15) is 5.75 Å². The van der Waals surface area contributed by atoms with Crippen molar-refractivity contribution in [3.63, 3.8) is 0 Å². The van der Waals surface area contributed by atoms with Crippen molar-refractivity contribution in [2.24, 2.45) is 0 Å². The molecule has 1 N–H and O–H groups in total. The largest absolute Gasteiger partial charge is 0.483 e. The van der Waals surface area contributed by atoms with E-state index in [1.807, 2.05) is 30.9 Å². The third kappa shape index (κ3) is 5.38. The van der Waals surface area contributed by atoms with Gasteiger partial charge < -0.3 is 15.0 Å². The summed E-state index contributed by atoms with van der Waals surface area (Å²) in [5.74, 6) is 0.342. The maximum Gasteiger partial charge on any atom is 0.264 e. The molecule has 7 heteroatoms. The molecule has 0 aliphatic carbocycles. The molecule has 1 aromatic rings. The summed E-state index contributed by atoms with van der Waals surface area (Å²) in [4.78, 5) is 13.7. The van der Waals surface area contributed by atoms with Gasteiger partial charge in [0, 0.05) is 17.6 Å². The molecule has 0 aromatic heterocycles. The molecule has 0 heterocycles. The van der Waals surface area contributed by atoms with Crippen LogP contribution >= 0.6 is 44.1 Å². The average Bonchev–Trinajstić information content (AvgIpc) is 2.39. The summed E-state index contributed by atoms with van der Waals surface area (Å²) in [7, 11) is 0. The van der Waals surface area contributed by atoms with Crippen molar-refractivity contribution in [2.45, 2.75) is 13.8 Å². The number of ether oxygens (including phenoxy) is 1. The van der Waals surface area contributed by atoms with E-state index in [4.69, 9.17) is 17.0 Å². The third-order valence-corrected chi connectivity index (χ3v) is 4.02. The van der Waals surface area contributed by atoms with Crippen LogP contribution in [0, 0.1) is 0 Å². The number of carbonyl (C=O) groups excluding carboxylic acids is 1. The molecule has 20 heavy (non-hydrogen) atoms. The molecular weight excluding hydrogens is 408 g/mol. The Bertz CT molecular complexity index is 493. The van der Waals surface area contributed by atoms with Gasteiger partial charge in [-0.15, -0.1) is 0 Å². The lowest BCUT2D eigenvalue weighted by Gasteiger charge is -2.21. The fourth-order valence-electron chi connectivity index (χ4n) is 1.48. The predicted molar refractivity (Wildman–Crippen MR) is 91.0 cm³/mol. The number of hydrogen-bond acceptors (Lipinski definition) is 3. The van der Waals surface area contributed by atoms with Gasteiger partial charge in [0.2, 0.25) is 0 Å². The number of thiocarbonyl (C=S) groups is 1. The van der Waals surface area contributed by atoms with Gasteiger partial charge in [0.15, 0.2) is 11.7 Å². The molecule has 0 aliphatic rings. The van der Waals surface area contributed by atoms with E-state index in [0.29, 0.717) is 10.9 Å². The first-order valence-corrected chi connectivity index (χ1v) is 8.14. The van der Waals surface area contributed by atoms with Crippen molar-refractivity contribution in [3.8, 4) is 5.75 Å². The zero-order valence-corrected chi connectivity index (χ0v) is 15.3. The van der Waals surface area contributed by atoms with Gasteiger partial charge in [0.05, 0.1) is 4.47 Å². The fourth-order valence-corrected chi connectivity index (χ4v) is 3.01. The van der Waals surface area contributed by atoms with Crippen LogP contribution in [0.25, 0.3) is 0 Å². The molecule has 1 aromatic carbocycles. The Hall–Kier alpha value is -0.660. The van der Waals surface area contributed by atoms with Crippen LogP contribution in [-0.4, -0.2) is 35.6 Å². The van der Waals surface area contributed by atoms with Gasteiger partial charge in [0.25, 0.3) is 5.91 Å². The second-order valence-electron chi connectivity index (χ2n) is 3.89. The van der Waals surface area contributed by atoms with E-state index in [1.54, 1.807) is 6.07 Å². The van der Waals surface area contributed by atoms with Gasteiger partial charge >= 0.3 is 0 Å². The van der Waals surface area contributed by atoms with E-state index in [-0.39, 0.29) is 12.5 Å². The van der Waals surface area contributed by atoms with Crippen molar-refractivity contribution in [2.75, 3.05) is 19.7 Å². The number of benzene rings is 1. The number of hydrogen-bond donors (Lipinski definition) is 1. The van der Waals surface area contributed by atoms with Crippen LogP contribution in [0.5, 0.6) is 5.75 Å². The Morgan fingerprint density at radius 3 is 2.55 bits per heavy atom. The van der Waals surface area contributed by atoms with E-state index < -0.39 is 0 Å². The summed E-state index contributed by atoms with van der Waals surface area (Å²) < 4.78 is 7.16. The van der Waals surface area contributed by atoms with Crippen LogP contribution in [0.3, 0.4) is 0 Å². The smallest absolute Gasteiger partial charge is 0.264 e. The van der Waals surface area contributed by atoms with Crippen LogP contribution < -0.4 is 10.1 Å². The Balaban J connectivity index is 2.49. The van der Waals surface area contributed by atoms with E-state index in [0.717, 1.165) is 22.0 Å². The number of nitrogens with zero attached hydrogens (tertiary/aromatic N) is 1. The summed E-state index contributed by atoms with van der Waals surface area (Å²) in [5, 5.41) is 3.08. The highest BCUT2D eigenvalue weighted by molar-refractivity contribution is 9.11. The highest BCUT2D eigenvalue weighted by Crippen LogP contribution is 2.27. The monoisotopic (exact) mass is 422 g/mol. The molecule has 110 valence electrons. The third-order valence-electron chi connectivity index (χ3n) is 2.55. The van der Waals surface area contributed by atoms with Crippen LogP contribution in [-0.2, 0) is 4.79 Å². The average molecular weight is 424 g/mol. The van der Waals surface area contributed by atoms with Crippen LogP contribution in [0.1, 0.15) is 13.8 Å². The molecule has 0 saturated carbocycles. The Morgan fingerprint density at radius 1 is 1.35 bits per heavy atom. The zero-order chi connectivity index (χ0) is 15.1. The second-order valence-corrected chi connectivity index (χ2v) is 6.05. The molecule has 1 amide bonds. The lowest BCUT2D eigenvalue weighted by Crippen LogP contribution is -2.44. The van der Waals surface area contributed by atoms with Crippen LogP contribution in [0.4, 0.5) is 0 Å². The van der Waals surface area contributed by atoms with Crippen molar-refractivity contribution in [1.29, 1.82) is 0 Å². The van der Waals surface area contributed by atoms with Crippen molar-refractivity contribution >= 4 is 55.1 Å². The SMILES string of the molecule is CCN(CC)C(=S)NC(=O)COc1ccc(Br)cc1Br. The number of amides is 1. The van der Waals surface area contributed by atoms with Crippen LogP contribution in [0.15, 0.2) is 27.1 Å². The molecule has 0 aliphatic heterocycles. The highest BCUT2D eigenvalue weighted by atomic mass is 79.9. The van der Waals surface area contributed by atoms with E-state index in [9.17, 15) is 4.79 Å². The van der Waals surface area contributed by atoms with Crippen molar-refractivity contribution in [3.05, 3.63) is 27.1 Å². The minimum atomic E-state index is -0.267. The highest BCUT2D eigenvalue weighted by Gasteiger charge is 2.11. The predicted octanol–water partition coefficient (Wildman–Crippen LogP) is 3.33. The van der Waals surface area contributed by atoms with Gasteiger partial charge in [-0.1, -0.05) is 15.9 Å². The van der Waals surface area contributed by atoms with Crippen molar-refractivity contribution < 1.29 is 9.53 Å². The molecule has 1 rings (SSSR count). The lowest BCUT2D eigenvalue weighted by atomic mass is 10.3. The molecule has 0 fully saturated rings. The number of halogens is 2. The minimum Gasteiger partial charge on any atom is -0.483 e. The number of rotatable bonds is 5. The Morgan fingerprint density at radius 2 is 2.00 bits per heavy atom. The topological polar surface area (TPSA) is 41.6 Å². The summed E-state index contributed by atoms with van der Waals surface area (Å²) in [6, 6.07) is 5.48. The normalized spacial score (nSPS) is 10.0. The summed E-state index contributed by atoms with van der Waals surface area (Å²) in [6.45, 7) is 5.40. The van der Waals surface area contributed by atoms with Gasteiger partial charge in [-0.3, -0.25) is 4.79 Å². The molecular formula is C13H16Br2N2O2S. The van der Waals surface area contributed by atoms with Gasteiger partial charge in [-0.05, 0) is 60.2 Å². The summed E-state index contributed by atoms with van der Waals surface area (Å²) >= 11 is 11.9. The van der Waals surface area contributed by atoms with Gasteiger partial charge in [-0.25, -0.2) is 0 Å². The first kappa shape index (κ1) is 17.4. The quantitative estimate of drug-likeness (QED) is 0.737. The zero-order valence-electron chi connectivity index (χ0n) is 11.3. The number of nitrogens with one attached hydrogen (secondary N) is 1. The van der Waals surface area contributed by atoms with Crippen molar-refractivity contribution in [1.82, 2.24) is 10.2 Å². The summed E-state index contributed by atoms with van der Waals surface area (Å²) in [6.07, 6.45) is 0. The van der Waals surface area contributed by atoms with Crippen LogP contribution in [0.2, 0.25) is 0 Å². The standard InChI is InChI=1S/C13H16Br2N2O2S/c1-3-17(4-2)13(20)16-12(18)8-19-11-6-5-9(14)7-10(11)15/h5-7H,3-4,8H2,1-2H3,(H,16,18,20). The fraction of sp³-hybridized carbons (Fsp3) is 0.385. The maximum atomic E-state index is 11.8. The molecule has 0 spiro atoms. The molecule has 0 unspecified atom stereocenters. The first-order chi connectivity index (χ1) is 9.47.